The number of aliphatic hydroxyl groups is 1. The fourth-order valence-electron chi connectivity index (χ4n) is 0.937. The summed E-state index contributed by atoms with van der Waals surface area (Å²) < 4.78 is 4.62. The zero-order valence-electron chi connectivity index (χ0n) is 8.52. The van der Waals surface area contributed by atoms with Crippen LogP contribution >= 0.6 is 0 Å². The Morgan fingerprint density at radius 2 is 2.33 bits per heavy atom. The minimum atomic E-state index is -0.764. The maximum Gasteiger partial charge on any atom is 0.306 e. The molecule has 1 aliphatic heterocycles. The van der Waals surface area contributed by atoms with Gasteiger partial charge >= 0.3 is 11.9 Å². The standard InChI is InChI=1S/C5H8O3.C5H8O2/c6-3-4-1-2-5(7)8-4;1-2-3-4-5(6)7/h4,6H,1-3H2;2H,1,3-4H2,(H,6,7). The van der Waals surface area contributed by atoms with Gasteiger partial charge in [0, 0.05) is 12.8 Å². The molecule has 5 heteroatoms. The van der Waals surface area contributed by atoms with Crippen molar-refractivity contribution in [2.45, 2.75) is 31.8 Å². The van der Waals surface area contributed by atoms with Crippen molar-refractivity contribution < 1.29 is 24.5 Å². The molecular weight excluding hydrogens is 200 g/mol. The number of carboxylic acids is 1. The van der Waals surface area contributed by atoms with Crippen LogP contribution in [0, 0.1) is 0 Å². The van der Waals surface area contributed by atoms with Crippen LogP contribution < -0.4 is 0 Å². The molecular formula is C10H16O5. The highest BCUT2D eigenvalue weighted by Crippen LogP contribution is 2.11. The van der Waals surface area contributed by atoms with Crippen molar-refractivity contribution >= 4 is 11.9 Å². The van der Waals surface area contributed by atoms with Crippen LogP contribution in [0.5, 0.6) is 0 Å². The van der Waals surface area contributed by atoms with E-state index in [4.69, 9.17) is 10.2 Å². The molecule has 0 aromatic rings. The molecule has 0 radical (unpaired) electrons. The van der Waals surface area contributed by atoms with Crippen LogP contribution in [0.4, 0.5) is 0 Å². The second-order valence-electron chi connectivity index (χ2n) is 3.05. The summed E-state index contributed by atoms with van der Waals surface area (Å²) in [7, 11) is 0. The van der Waals surface area contributed by atoms with E-state index >= 15 is 0 Å². The van der Waals surface area contributed by atoms with Gasteiger partial charge in [0.25, 0.3) is 0 Å². The van der Waals surface area contributed by atoms with Crippen molar-refractivity contribution in [3.8, 4) is 0 Å². The summed E-state index contributed by atoms with van der Waals surface area (Å²) in [4.78, 5) is 20.0. The third kappa shape index (κ3) is 7.69. The van der Waals surface area contributed by atoms with Crippen LogP contribution in [-0.4, -0.2) is 34.9 Å². The van der Waals surface area contributed by atoms with Gasteiger partial charge in [-0.1, -0.05) is 6.08 Å². The molecule has 0 amide bonds. The first-order valence-electron chi connectivity index (χ1n) is 4.73. The average molecular weight is 216 g/mol. The lowest BCUT2D eigenvalue weighted by Gasteiger charge is -2.01. The molecule has 1 aliphatic rings. The van der Waals surface area contributed by atoms with Gasteiger partial charge < -0.3 is 14.9 Å². The van der Waals surface area contributed by atoms with Gasteiger partial charge in [-0.15, -0.1) is 6.58 Å². The number of ether oxygens (including phenoxy) is 1. The molecule has 1 atom stereocenters. The first-order chi connectivity index (χ1) is 7.10. The summed E-state index contributed by atoms with van der Waals surface area (Å²) in [5.74, 6) is -0.955. The molecule has 2 N–H and O–H groups in total. The van der Waals surface area contributed by atoms with Gasteiger partial charge in [-0.2, -0.15) is 0 Å². The van der Waals surface area contributed by atoms with Gasteiger partial charge in [0.15, 0.2) is 0 Å². The van der Waals surface area contributed by atoms with Crippen molar-refractivity contribution in [2.24, 2.45) is 0 Å². The number of esters is 1. The lowest BCUT2D eigenvalue weighted by atomic mass is 10.2. The Balaban J connectivity index is 0.000000265. The Morgan fingerprint density at radius 3 is 2.53 bits per heavy atom. The summed E-state index contributed by atoms with van der Waals surface area (Å²) >= 11 is 0. The van der Waals surface area contributed by atoms with E-state index < -0.39 is 5.97 Å². The monoisotopic (exact) mass is 216 g/mol. The number of hydrogen-bond acceptors (Lipinski definition) is 4. The molecule has 86 valence electrons. The van der Waals surface area contributed by atoms with Gasteiger partial charge in [-0.25, -0.2) is 0 Å². The number of cyclic esters (lactones) is 1. The van der Waals surface area contributed by atoms with Crippen molar-refractivity contribution in [2.75, 3.05) is 6.61 Å². The lowest BCUT2D eigenvalue weighted by molar-refractivity contribution is -0.142. The zero-order chi connectivity index (χ0) is 11.7. The number of allylic oxidation sites excluding steroid dienone is 1. The Labute approximate surface area is 88.4 Å². The maximum atomic E-state index is 10.3. The molecule has 5 nitrogen and oxygen atoms in total. The third-order valence-corrected chi connectivity index (χ3v) is 1.73. The zero-order valence-corrected chi connectivity index (χ0v) is 8.52. The van der Waals surface area contributed by atoms with E-state index in [-0.39, 0.29) is 25.1 Å². The van der Waals surface area contributed by atoms with E-state index in [1.54, 1.807) is 6.08 Å². The number of carbonyl (C=O) groups is 2. The van der Waals surface area contributed by atoms with Gasteiger partial charge in [0.2, 0.25) is 0 Å². The fourth-order valence-corrected chi connectivity index (χ4v) is 0.937. The summed E-state index contributed by atoms with van der Waals surface area (Å²) in [5.41, 5.74) is 0. The molecule has 0 aliphatic carbocycles. The van der Waals surface area contributed by atoms with Crippen LogP contribution in [0.1, 0.15) is 25.7 Å². The van der Waals surface area contributed by atoms with Gasteiger partial charge in [0.05, 0.1) is 6.61 Å². The van der Waals surface area contributed by atoms with E-state index in [9.17, 15) is 9.59 Å². The highest BCUT2D eigenvalue weighted by Gasteiger charge is 2.21. The molecule has 1 unspecified atom stereocenters. The number of carboxylic acid groups (broad SMARTS) is 1. The molecule has 0 spiro atoms. The summed E-state index contributed by atoms with van der Waals surface area (Å²) in [6.45, 7) is 3.33. The van der Waals surface area contributed by atoms with Crippen molar-refractivity contribution in [3.05, 3.63) is 12.7 Å². The lowest BCUT2D eigenvalue weighted by Crippen LogP contribution is -2.10. The van der Waals surface area contributed by atoms with E-state index in [0.29, 0.717) is 19.3 Å². The Morgan fingerprint density at radius 1 is 1.67 bits per heavy atom. The Hall–Kier alpha value is -1.36. The van der Waals surface area contributed by atoms with E-state index in [1.807, 2.05) is 0 Å². The third-order valence-electron chi connectivity index (χ3n) is 1.73. The second kappa shape index (κ2) is 7.99. The molecule has 0 saturated carbocycles. The number of hydrogen-bond donors (Lipinski definition) is 2. The van der Waals surface area contributed by atoms with Crippen LogP contribution in [0.2, 0.25) is 0 Å². The van der Waals surface area contributed by atoms with Gasteiger partial charge in [-0.3, -0.25) is 9.59 Å². The van der Waals surface area contributed by atoms with E-state index in [2.05, 4.69) is 11.3 Å². The number of rotatable bonds is 4. The van der Waals surface area contributed by atoms with E-state index in [0.717, 1.165) is 0 Å². The molecule has 1 heterocycles. The van der Waals surface area contributed by atoms with Crippen molar-refractivity contribution in [1.29, 1.82) is 0 Å². The highest BCUT2D eigenvalue weighted by atomic mass is 16.6. The maximum absolute atomic E-state index is 10.3. The topological polar surface area (TPSA) is 83.8 Å². The second-order valence-corrected chi connectivity index (χ2v) is 3.05. The number of aliphatic carboxylic acids is 1. The number of aliphatic hydroxyl groups excluding tert-OH is 1. The molecule has 0 aromatic heterocycles. The predicted octanol–water partition coefficient (Wildman–Crippen LogP) is 0.722. The summed E-state index contributed by atoms with van der Waals surface area (Å²) in [5, 5.41) is 16.4. The van der Waals surface area contributed by atoms with Crippen LogP contribution in [0.25, 0.3) is 0 Å². The minimum absolute atomic E-state index is 0.0360. The molecule has 0 aromatic carbocycles. The largest absolute Gasteiger partial charge is 0.481 e. The Kier molecular flexibility index (Phi) is 7.27. The van der Waals surface area contributed by atoms with Crippen molar-refractivity contribution in [1.82, 2.24) is 0 Å². The average Bonchev–Trinajstić information content (AvgIpc) is 2.62. The van der Waals surface area contributed by atoms with Gasteiger partial charge in [0.1, 0.15) is 6.10 Å². The van der Waals surface area contributed by atoms with Gasteiger partial charge in [-0.05, 0) is 12.8 Å². The first-order valence-corrected chi connectivity index (χ1v) is 4.73. The minimum Gasteiger partial charge on any atom is -0.481 e. The fraction of sp³-hybridized carbons (Fsp3) is 0.600. The van der Waals surface area contributed by atoms with Crippen LogP contribution in [-0.2, 0) is 14.3 Å². The molecule has 1 rings (SSSR count). The number of carbonyl (C=O) groups excluding carboxylic acids is 1. The molecule has 1 saturated heterocycles. The van der Waals surface area contributed by atoms with Crippen molar-refractivity contribution in [3.63, 3.8) is 0 Å². The SMILES string of the molecule is C=CCCC(=O)O.O=C1CCC(CO)O1. The smallest absolute Gasteiger partial charge is 0.306 e. The summed E-state index contributed by atoms with van der Waals surface area (Å²) in [6.07, 6.45) is 3.27. The normalized spacial score (nSPS) is 18.7. The first kappa shape index (κ1) is 13.6. The van der Waals surface area contributed by atoms with E-state index in [1.165, 1.54) is 0 Å². The molecule has 1 fully saturated rings. The highest BCUT2D eigenvalue weighted by molar-refractivity contribution is 5.71. The van der Waals surface area contributed by atoms with Crippen LogP contribution in [0.3, 0.4) is 0 Å². The molecule has 15 heavy (non-hydrogen) atoms. The predicted molar refractivity (Wildman–Crippen MR) is 53.3 cm³/mol. The molecule has 0 bridgehead atoms. The van der Waals surface area contributed by atoms with Crippen LogP contribution in [0.15, 0.2) is 12.7 Å². The summed E-state index contributed by atoms with van der Waals surface area (Å²) in [6, 6.07) is 0. The quantitative estimate of drug-likeness (QED) is 0.534. The Bertz CT molecular complexity index is 224.